The first kappa shape index (κ1) is 19.0. The molecule has 1 aliphatic heterocycles. The maximum atomic E-state index is 12.7. The number of imidazole rings is 1. The zero-order valence-corrected chi connectivity index (χ0v) is 16.7. The first-order valence-electron chi connectivity index (χ1n) is 10.1. The lowest BCUT2D eigenvalue weighted by Crippen LogP contribution is -2.39. The molecule has 4 aromatic rings. The normalized spacial score (nSPS) is 14.3. The van der Waals surface area contributed by atoms with Crippen LogP contribution in [0.4, 0.5) is 5.69 Å². The van der Waals surface area contributed by atoms with E-state index in [4.69, 9.17) is 4.42 Å². The number of fused-ring (bicyclic) bond motifs is 2. The molecule has 10 nitrogen and oxygen atoms in total. The zero-order valence-electron chi connectivity index (χ0n) is 16.7. The molecule has 31 heavy (non-hydrogen) atoms. The van der Waals surface area contributed by atoms with Crippen LogP contribution >= 0.6 is 0 Å². The molecule has 1 aromatic carbocycles. The fourth-order valence-electron chi connectivity index (χ4n) is 3.85. The van der Waals surface area contributed by atoms with Gasteiger partial charge in [0.2, 0.25) is 5.91 Å². The molecule has 0 unspecified atom stereocenters. The van der Waals surface area contributed by atoms with E-state index in [1.54, 1.807) is 41.4 Å². The monoisotopic (exact) mass is 420 g/mol. The van der Waals surface area contributed by atoms with Crippen molar-refractivity contribution < 1.29 is 14.0 Å². The number of nitrogens with zero attached hydrogens (tertiary/aromatic N) is 5. The molecular weight excluding hydrogens is 400 g/mol. The summed E-state index contributed by atoms with van der Waals surface area (Å²) in [6.07, 6.45) is 6.08. The summed E-state index contributed by atoms with van der Waals surface area (Å²) in [7, 11) is 0. The van der Waals surface area contributed by atoms with E-state index in [1.807, 2.05) is 0 Å². The topological polar surface area (TPSA) is 115 Å². The van der Waals surface area contributed by atoms with Gasteiger partial charge in [-0.2, -0.15) is 5.10 Å². The van der Waals surface area contributed by atoms with Crippen molar-refractivity contribution in [3.8, 4) is 0 Å². The highest BCUT2D eigenvalue weighted by atomic mass is 16.4. The largest absolute Gasteiger partial charge is 0.420 e. The summed E-state index contributed by atoms with van der Waals surface area (Å²) in [5, 5.41) is 6.93. The molecule has 5 rings (SSSR count). The van der Waals surface area contributed by atoms with E-state index in [1.165, 1.54) is 15.3 Å². The van der Waals surface area contributed by atoms with E-state index in [9.17, 15) is 14.4 Å². The molecule has 0 aliphatic carbocycles. The molecule has 2 amide bonds. The Hall–Kier alpha value is -3.95. The average Bonchev–Trinajstić information content (AvgIpc) is 3.35. The van der Waals surface area contributed by atoms with Crippen molar-refractivity contribution in [3.63, 3.8) is 0 Å². The van der Waals surface area contributed by atoms with Crippen LogP contribution in [0.25, 0.3) is 16.7 Å². The number of aromatic nitrogens is 4. The van der Waals surface area contributed by atoms with E-state index in [-0.39, 0.29) is 18.1 Å². The van der Waals surface area contributed by atoms with E-state index >= 15 is 0 Å². The Balaban J connectivity index is 1.41. The summed E-state index contributed by atoms with van der Waals surface area (Å²) >= 11 is 0. The Labute approximate surface area is 176 Å². The average molecular weight is 420 g/mol. The minimum absolute atomic E-state index is 0.0968. The summed E-state index contributed by atoms with van der Waals surface area (Å²) in [6, 6.07) is 8.34. The zero-order chi connectivity index (χ0) is 21.4. The van der Waals surface area contributed by atoms with Gasteiger partial charge in [-0.05, 0) is 49.6 Å². The molecule has 0 saturated carbocycles. The molecule has 4 heterocycles. The predicted octanol–water partition coefficient (Wildman–Crippen LogP) is 1.90. The minimum Gasteiger partial charge on any atom is -0.408 e. The van der Waals surface area contributed by atoms with Gasteiger partial charge in [0, 0.05) is 25.0 Å². The Morgan fingerprint density at radius 3 is 2.81 bits per heavy atom. The first-order valence-corrected chi connectivity index (χ1v) is 10.1. The predicted molar refractivity (Wildman–Crippen MR) is 112 cm³/mol. The van der Waals surface area contributed by atoms with E-state index in [0.717, 1.165) is 19.3 Å². The number of nitrogens with one attached hydrogen (secondary N) is 1. The number of hydrogen-bond acceptors (Lipinski definition) is 6. The Bertz CT molecular complexity index is 1340. The molecule has 1 aliphatic rings. The SMILES string of the molecule is O=C(Nc1ccc2oc(=O)n(CC(=O)N3CCCCC3)c2c1)c1cnc2cccnn12. The standard InChI is InChI=1S/C21H20N6O4/c28-19(25-9-2-1-3-10-25)13-26-15-11-14(6-7-17(15)31-21(26)30)24-20(29)16-12-22-18-5-4-8-23-27(16)18/h4-8,11-12H,1-3,9-10,13H2,(H,24,29). The van der Waals surface area contributed by atoms with Crippen LogP contribution in [0.3, 0.4) is 0 Å². The summed E-state index contributed by atoms with van der Waals surface area (Å²) in [5.41, 5.74) is 2.10. The number of likely N-dealkylation sites (tertiary alicyclic amines) is 1. The number of rotatable bonds is 4. The Morgan fingerprint density at radius 2 is 1.97 bits per heavy atom. The molecule has 158 valence electrons. The van der Waals surface area contributed by atoms with Crippen LogP contribution in [-0.2, 0) is 11.3 Å². The van der Waals surface area contributed by atoms with Crippen LogP contribution in [0.5, 0.6) is 0 Å². The second-order valence-electron chi connectivity index (χ2n) is 7.47. The molecule has 1 fully saturated rings. The van der Waals surface area contributed by atoms with Crippen LogP contribution < -0.4 is 11.1 Å². The van der Waals surface area contributed by atoms with Gasteiger partial charge in [-0.25, -0.2) is 14.3 Å². The maximum absolute atomic E-state index is 12.7. The Kier molecular flexibility index (Phi) is 4.73. The minimum atomic E-state index is -0.602. The molecule has 1 N–H and O–H groups in total. The first-order chi connectivity index (χ1) is 15.1. The second kappa shape index (κ2) is 7.71. The van der Waals surface area contributed by atoms with Gasteiger partial charge < -0.3 is 14.6 Å². The van der Waals surface area contributed by atoms with Crippen molar-refractivity contribution in [2.75, 3.05) is 18.4 Å². The third-order valence-corrected chi connectivity index (χ3v) is 5.44. The molecular formula is C21H20N6O4. The van der Waals surface area contributed by atoms with Gasteiger partial charge >= 0.3 is 5.76 Å². The lowest BCUT2D eigenvalue weighted by atomic mass is 10.1. The third-order valence-electron chi connectivity index (χ3n) is 5.44. The molecule has 0 spiro atoms. The van der Waals surface area contributed by atoms with E-state index < -0.39 is 11.7 Å². The van der Waals surface area contributed by atoms with Crippen molar-refractivity contribution in [2.45, 2.75) is 25.8 Å². The quantitative estimate of drug-likeness (QED) is 0.539. The summed E-state index contributed by atoms with van der Waals surface area (Å²) in [5.74, 6) is -1.11. The number of benzene rings is 1. The van der Waals surface area contributed by atoms with Crippen LogP contribution in [-0.4, -0.2) is 49.0 Å². The number of piperidine rings is 1. The highest BCUT2D eigenvalue weighted by Crippen LogP contribution is 2.20. The number of amides is 2. The number of hydrogen-bond donors (Lipinski definition) is 1. The van der Waals surface area contributed by atoms with Gasteiger partial charge in [-0.3, -0.25) is 14.2 Å². The van der Waals surface area contributed by atoms with Crippen molar-refractivity contribution in [2.24, 2.45) is 0 Å². The number of carbonyl (C=O) groups is 2. The third kappa shape index (κ3) is 3.56. The molecule has 0 atom stereocenters. The van der Waals surface area contributed by atoms with Crippen molar-refractivity contribution >= 4 is 34.2 Å². The van der Waals surface area contributed by atoms with Crippen LogP contribution in [0.2, 0.25) is 0 Å². The van der Waals surface area contributed by atoms with Crippen LogP contribution in [0, 0.1) is 0 Å². The smallest absolute Gasteiger partial charge is 0.408 e. The van der Waals surface area contributed by atoms with Crippen molar-refractivity contribution in [3.05, 3.63) is 59.0 Å². The summed E-state index contributed by atoms with van der Waals surface area (Å²) in [4.78, 5) is 43.7. The van der Waals surface area contributed by atoms with Gasteiger partial charge in [0.05, 0.1) is 11.7 Å². The lowest BCUT2D eigenvalue weighted by Gasteiger charge is -2.26. The van der Waals surface area contributed by atoms with Crippen LogP contribution in [0.1, 0.15) is 29.8 Å². The lowest BCUT2D eigenvalue weighted by molar-refractivity contribution is -0.132. The summed E-state index contributed by atoms with van der Waals surface area (Å²) in [6.45, 7) is 1.32. The number of oxazole rings is 1. The van der Waals surface area contributed by atoms with Gasteiger partial charge in [0.25, 0.3) is 5.91 Å². The highest BCUT2D eigenvalue weighted by Gasteiger charge is 2.20. The number of carbonyl (C=O) groups excluding carboxylic acids is 2. The number of anilines is 1. The molecule has 10 heteroatoms. The van der Waals surface area contributed by atoms with Crippen molar-refractivity contribution in [1.82, 2.24) is 24.1 Å². The fraction of sp³-hybridized carbons (Fsp3) is 0.286. The summed E-state index contributed by atoms with van der Waals surface area (Å²) < 4.78 is 8.02. The maximum Gasteiger partial charge on any atom is 0.420 e. The molecule has 0 bridgehead atoms. The van der Waals surface area contributed by atoms with Gasteiger partial charge in [-0.1, -0.05) is 0 Å². The molecule has 1 saturated heterocycles. The van der Waals surface area contributed by atoms with Crippen molar-refractivity contribution in [1.29, 1.82) is 0 Å². The second-order valence-corrected chi connectivity index (χ2v) is 7.47. The fourth-order valence-corrected chi connectivity index (χ4v) is 3.85. The van der Waals surface area contributed by atoms with Gasteiger partial charge in [-0.15, -0.1) is 0 Å². The Morgan fingerprint density at radius 1 is 1.13 bits per heavy atom. The van der Waals surface area contributed by atoms with Gasteiger partial charge in [0.15, 0.2) is 16.9 Å². The molecule has 0 radical (unpaired) electrons. The molecule has 3 aromatic heterocycles. The van der Waals surface area contributed by atoms with Crippen LogP contribution in [0.15, 0.2) is 51.9 Å². The van der Waals surface area contributed by atoms with Gasteiger partial charge in [0.1, 0.15) is 6.54 Å². The highest BCUT2D eigenvalue weighted by molar-refractivity contribution is 6.04. The van der Waals surface area contributed by atoms with E-state index in [2.05, 4.69) is 15.4 Å². The van der Waals surface area contributed by atoms with E-state index in [0.29, 0.717) is 35.5 Å².